The molecule has 0 aliphatic carbocycles. The average Bonchev–Trinajstić information content (AvgIpc) is 2.82. The van der Waals surface area contributed by atoms with E-state index in [0.717, 1.165) is 5.56 Å². The highest BCUT2D eigenvalue weighted by Gasteiger charge is 2.47. The Labute approximate surface area is 180 Å². The number of ether oxygens (including phenoxy) is 2. The second kappa shape index (κ2) is 10.0. The number of aromatic carboxylic acids is 1. The van der Waals surface area contributed by atoms with Crippen LogP contribution in [-0.4, -0.2) is 42.0 Å². The Kier molecular flexibility index (Phi) is 7.18. The number of benzene rings is 3. The van der Waals surface area contributed by atoms with Gasteiger partial charge < -0.3 is 19.7 Å². The minimum absolute atomic E-state index is 0.171. The molecule has 0 amide bonds. The molecule has 160 valence electrons. The van der Waals surface area contributed by atoms with Gasteiger partial charge in [0.2, 0.25) is 0 Å². The molecule has 1 atom stereocenters. The number of esters is 1. The predicted octanol–water partition coefficient (Wildman–Crippen LogP) is 3.42. The number of hydrogen-bond donors (Lipinski definition) is 2. The van der Waals surface area contributed by atoms with Crippen LogP contribution in [-0.2, 0) is 26.3 Å². The van der Waals surface area contributed by atoms with E-state index in [2.05, 4.69) is 0 Å². The fourth-order valence-electron chi connectivity index (χ4n) is 3.52. The van der Waals surface area contributed by atoms with E-state index in [1.54, 1.807) is 36.4 Å². The van der Waals surface area contributed by atoms with Crippen molar-refractivity contribution >= 4 is 11.9 Å². The first-order chi connectivity index (χ1) is 15.0. The molecule has 3 rings (SSSR count). The predicted molar refractivity (Wildman–Crippen MR) is 115 cm³/mol. The molecular weight excluding hydrogens is 396 g/mol. The van der Waals surface area contributed by atoms with Gasteiger partial charge in [-0.25, -0.2) is 9.59 Å². The van der Waals surface area contributed by atoms with Crippen LogP contribution >= 0.6 is 0 Å². The molecule has 31 heavy (non-hydrogen) atoms. The maximum absolute atomic E-state index is 12.4. The highest BCUT2D eigenvalue weighted by atomic mass is 16.6. The SMILES string of the molecule is COC(=O)C(O)C(OCCc1ccc(C(=O)O)cc1)(c1ccccc1)c1ccccc1. The standard InChI is InChI=1S/C25H24O6/c1-30-24(29)22(26)25(20-8-4-2-5-9-20,21-10-6-3-7-11-21)31-17-16-18-12-14-19(15-13-18)23(27)28/h2-15,22,26H,16-17H2,1H3,(H,27,28). The normalized spacial score (nSPS) is 12.2. The molecule has 0 aliphatic rings. The first-order valence-electron chi connectivity index (χ1n) is 9.82. The summed E-state index contributed by atoms with van der Waals surface area (Å²) >= 11 is 0. The summed E-state index contributed by atoms with van der Waals surface area (Å²) in [5, 5.41) is 20.1. The van der Waals surface area contributed by atoms with Crippen LogP contribution in [0, 0.1) is 0 Å². The topological polar surface area (TPSA) is 93.1 Å². The third kappa shape index (κ3) is 4.82. The van der Waals surface area contributed by atoms with Gasteiger partial charge in [0.25, 0.3) is 0 Å². The van der Waals surface area contributed by atoms with Gasteiger partial charge in [-0.1, -0.05) is 72.8 Å². The second-order valence-electron chi connectivity index (χ2n) is 6.99. The van der Waals surface area contributed by atoms with E-state index < -0.39 is 23.6 Å². The summed E-state index contributed by atoms with van der Waals surface area (Å²) in [6.45, 7) is 0.171. The van der Waals surface area contributed by atoms with Crippen LogP contribution < -0.4 is 0 Å². The molecule has 0 radical (unpaired) electrons. The van der Waals surface area contributed by atoms with Crippen molar-refractivity contribution in [1.82, 2.24) is 0 Å². The summed E-state index contributed by atoms with van der Waals surface area (Å²) < 4.78 is 11.1. The van der Waals surface area contributed by atoms with Crippen LogP contribution in [0.3, 0.4) is 0 Å². The molecule has 0 aliphatic heterocycles. The summed E-state index contributed by atoms with van der Waals surface area (Å²) in [6, 6.07) is 24.6. The lowest BCUT2D eigenvalue weighted by Crippen LogP contribution is -2.48. The minimum Gasteiger partial charge on any atom is -0.478 e. The van der Waals surface area contributed by atoms with Gasteiger partial charge in [0.15, 0.2) is 11.7 Å². The zero-order valence-corrected chi connectivity index (χ0v) is 17.1. The van der Waals surface area contributed by atoms with E-state index in [1.165, 1.54) is 19.2 Å². The fourth-order valence-corrected chi connectivity index (χ4v) is 3.52. The number of methoxy groups -OCH3 is 1. The summed E-state index contributed by atoms with van der Waals surface area (Å²) in [5.41, 5.74) is 0.818. The number of carboxylic acid groups (broad SMARTS) is 1. The number of rotatable bonds is 9. The van der Waals surface area contributed by atoms with Gasteiger partial charge in [0, 0.05) is 0 Å². The Bertz CT molecular complexity index is 960. The summed E-state index contributed by atoms with van der Waals surface area (Å²) in [6.07, 6.45) is -1.15. The Balaban J connectivity index is 1.96. The highest BCUT2D eigenvalue weighted by molar-refractivity contribution is 5.87. The first kappa shape index (κ1) is 22.2. The van der Waals surface area contributed by atoms with Gasteiger partial charge in [-0.15, -0.1) is 0 Å². The fraction of sp³-hybridized carbons (Fsp3) is 0.200. The monoisotopic (exact) mass is 420 g/mol. The lowest BCUT2D eigenvalue weighted by atomic mass is 9.81. The quantitative estimate of drug-likeness (QED) is 0.515. The van der Waals surface area contributed by atoms with Crippen LogP contribution in [0.25, 0.3) is 0 Å². The van der Waals surface area contributed by atoms with Crippen LogP contribution in [0.15, 0.2) is 84.9 Å². The maximum Gasteiger partial charge on any atom is 0.338 e. The molecule has 3 aromatic rings. The molecule has 2 N–H and O–H groups in total. The summed E-state index contributed by atoms with van der Waals surface area (Å²) in [4.78, 5) is 23.5. The van der Waals surface area contributed by atoms with Crippen molar-refractivity contribution < 1.29 is 29.3 Å². The number of aliphatic hydroxyl groups excluding tert-OH is 1. The van der Waals surface area contributed by atoms with Gasteiger partial charge in [0.05, 0.1) is 19.3 Å². The zero-order chi connectivity index (χ0) is 22.3. The van der Waals surface area contributed by atoms with Gasteiger partial charge in [0.1, 0.15) is 0 Å². The Morgan fingerprint density at radius 1 is 0.871 bits per heavy atom. The zero-order valence-electron chi connectivity index (χ0n) is 17.1. The second-order valence-corrected chi connectivity index (χ2v) is 6.99. The number of carbonyl (C=O) groups is 2. The lowest BCUT2D eigenvalue weighted by molar-refractivity contribution is -0.170. The molecule has 0 bridgehead atoms. The molecule has 0 aromatic heterocycles. The smallest absolute Gasteiger partial charge is 0.338 e. The Hall–Kier alpha value is -3.48. The molecular formula is C25H24O6. The summed E-state index contributed by atoms with van der Waals surface area (Å²) in [7, 11) is 1.22. The van der Waals surface area contributed by atoms with Crippen LogP contribution in [0.2, 0.25) is 0 Å². The van der Waals surface area contributed by atoms with Crippen molar-refractivity contribution in [3.05, 3.63) is 107 Å². The van der Waals surface area contributed by atoms with Crippen LogP contribution in [0.4, 0.5) is 0 Å². The van der Waals surface area contributed by atoms with E-state index in [1.807, 2.05) is 36.4 Å². The molecule has 0 saturated carbocycles. The minimum atomic E-state index is -1.60. The number of carboxylic acids is 1. The number of hydrogen-bond acceptors (Lipinski definition) is 5. The van der Waals surface area contributed by atoms with Crippen molar-refractivity contribution in [3.63, 3.8) is 0 Å². The lowest BCUT2D eigenvalue weighted by Gasteiger charge is -2.37. The largest absolute Gasteiger partial charge is 0.478 e. The molecule has 0 heterocycles. The van der Waals surface area contributed by atoms with Gasteiger partial charge >= 0.3 is 11.9 Å². The molecule has 6 heteroatoms. The van der Waals surface area contributed by atoms with Crippen molar-refractivity contribution in [2.75, 3.05) is 13.7 Å². The van der Waals surface area contributed by atoms with E-state index in [9.17, 15) is 14.7 Å². The highest BCUT2D eigenvalue weighted by Crippen LogP contribution is 2.38. The van der Waals surface area contributed by atoms with Crippen LogP contribution in [0.1, 0.15) is 27.0 Å². The maximum atomic E-state index is 12.4. The van der Waals surface area contributed by atoms with E-state index in [0.29, 0.717) is 17.5 Å². The molecule has 3 aromatic carbocycles. The number of aliphatic hydroxyl groups is 1. The van der Waals surface area contributed by atoms with Crippen molar-refractivity contribution in [2.45, 2.75) is 18.1 Å². The average molecular weight is 420 g/mol. The molecule has 0 spiro atoms. The third-order valence-corrected chi connectivity index (χ3v) is 5.14. The van der Waals surface area contributed by atoms with Gasteiger partial charge in [-0.3, -0.25) is 0 Å². The van der Waals surface area contributed by atoms with Gasteiger partial charge in [-0.2, -0.15) is 0 Å². The van der Waals surface area contributed by atoms with E-state index >= 15 is 0 Å². The van der Waals surface area contributed by atoms with Crippen LogP contribution in [0.5, 0.6) is 0 Å². The summed E-state index contributed by atoms with van der Waals surface area (Å²) in [5.74, 6) is -1.80. The van der Waals surface area contributed by atoms with Gasteiger partial charge in [-0.05, 0) is 35.2 Å². The molecule has 0 fully saturated rings. The number of carbonyl (C=O) groups excluding carboxylic acids is 1. The van der Waals surface area contributed by atoms with E-state index in [4.69, 9.17) is 14.6 Å². The van der Waals surface area contributed by atoms with E-state index in [-0.39, 0.29) is 12.2 Å². The molecule has 6 nitrogen and oxygen atoms in total. The molecule has 1 unspecified atom stereocenters. The van der Waals surface area contributed by atoms with Crippen molar-refractivity contribution in [3.8, 4) is 0 Å². The first-order valence-corrected chi connectivity index (χ1v) is 9.82. The Morgan fingerprint density at radius 3 is 1.84 bits per heavy atom. The van der Waals surface area contributed by atoms with Crippen molar-refractivity contribution in [2.24, 2.45) is 0 Å². The third-order valence-electron chi connectivity index (χ3n) is 5.14. The molecule has 0 saturated heterocycles. The van der Waals surface area contributed by atoms with Crippen molar-refractivity contribution in [1.29, 1.82) is 0 Å². The Morgan fingerprint density at radius 2 is 1.39 bits per heavy atom.